The van der Waals surface area contributed by atoms with E-state index in [0.29, 0.717) is 12.8 Å². The quantitative estimate of drug-likeness (QED) is 0.214. The molecule has 234 valence electrons. The molecule has 2 fully saturated rings. The fourth-order valence-corrected chi connectivity index (χ4v) is 7.22. The number of Topliss-reactive ketones (excluding diaryl/α,β-unsaturated/α-hetero) is 1. The molecule has 1 aliphatic carbocycles. The number of hydrogen-bond acceptors (Lipinski definition) is 6. The van der Waals surface area contributed by atoms with Crippen LogP contribution in [-0.2, 0) is 16.6 Å². The van der Waals surface area contributed by atoms with E-state index in [2.05, 4.69) is 41.8 Å². The maximum atomic E-state index is 13.5. The zero-order chi connectivity index (χ0) is 30.8. The van der Waals surface area contributed by atoms with E-state index in [1.165, 1.54) is 55.0 Å². The Bertz CT molecular complexity index is 1230. The van der Waals surface area contributed by atoms with E-state index < -0.39 is 0 Å². The summed E-state index contributed by atoms with van der Waals surface area (Å²) in [5.41, 5.74) is 4.32. The maximum Gasteiger partial charge on any atom is 0.180 e. The Labute approximate surface area is 260 Å². The number of hydrogen-bond donors (Lipinski definition) is 2. The van der Waals surface area contributed by atoms with E-state index in [4.69, 9.17) is 15.6 Å². The van der Waals surface area contributed by atoms with Gasteiger partial charge in [0.2, 0.25) is 0 Å². The van der Waals surface area contributed by atoms with Crippen molar-refractivity contribution >= 4 is 17.7 Å². The van der Waals surface area contributed by atoms with E-state index in [1.54, 1.807) is 0 Å². The Morgan fingerprint density at radius 3 is 2.47 bits per heavy atom. The summed E-state index contributed by atoms with van der Waals surface area (Å²) in [6.07, 6.45) is 11.3. The predicted molar refractivity (Wildman–Crippen MR) is 178 cm³/mol. The number of ketones is 1. The first-order valence-corrected chi connectivity index (χ1v) is 16.6. The number of nitrogens with one attached hydrogen (secondary N) is 2. The normalized spacial score (nSPS) is 18.3. The van der Waals surface area contributed by atoms with Crippen molar-refractivity contribution in [2.75, 3.05) is 32.7 Å². The number of benzene rings is 2. The summed E-state index contributed by atoms with van der Waals surface area (Å²) >= 11 is 0. The summed E-state index contributed by atoms with van der Waals surface area (Å²) in [7, 11) is 0. The molecule has 0 bridgehead atoms. The van der Waals surface area contributed by atoms with E-state index in [-0.39, 0.29) is 29.4 Å². The lowest BCUT2D eigenvalue weighted by atomic mass is 9.68. The summed E-state index contributed by atoms with van der Waals surface area (Å²) in [4.78, 5) is 18.9. The van der Waals surface area contributed by atoms with Crippen LogP contribution in [0.5, 0.6) is 5.75 Å². The smallest absolute Gasteiger partial charge is 0.180 e. The SMILES string of the molecule is Cc1ccc(C)c([C@@](CCC=N)(CCN2CCN(C3CCCCC3)CC2)CC(=N)C(=O)Cc2cccc(OC(C)C)c2)c1. The molecule has 1 heterocycles. The van der Waals surface area contributed by atoms with Gasteiger partial charge in [0.1, 0.15) is 5.75 Å². The third-order valence-electron chi connectivity index (χ3n) is 9.62. The van der Waals surface area contributed by atoms with Gasteiger partial charge < -0.3 is 20.5 Å². The van der Waals surface area contributed by atoms with Crippen LogP contribution in [0.25, 0.3) is 0 Å². The summed E-state index contributed by atoms with van der Waals surface area (Å²) < 4.78 is 5.84. The van der Waals surface area contributed by atoms with Gasteiger partial charge in [0, 0.05) is 50.5 Å². The molecule has 2 aliphatic rings. The monoisotopic (exact) mass is 586 g/mol. The molecule has 2 N–H and O–H groups in total. The van der Waals surface area contributed by atoms with Gasteiger partial charge in [-0.2, -0.15) is 0 Å². The number of carbonyl (C=O) groups is 1. The van der Waals surface area contributed by atoms with Crippen LogP contribution in [0.4, 0.5) is 0 Å². The fourth-order valence-electron chi connectivity index (χ4n) is 7.22. The Balaban J connectivity index is 1.51. The highest BCUT2D eigenvalue weighted by Crippen LogP contribution is 2.40. The molecule has 1 atom stereocenters. The van der Waals surface area contributed by atoms with Gasteiger partial charge in [-0.1, -0.05) is 55.2 Å². The second-order valence-corrected chi connectivity index (χ2v) is 13.3. The molecule has 43 heavy (non-hydrogen) atoms. The molecule has 2 aromatic rings. The van der Waals surface area contributed by atoms with Crippen molar-refractivity contribution in [3.63, 3.8) is 0 Å². The molecular weight excluding hydrogens is 532 g/mol. The van der Waals surface area contributed by atoms with Gasteiger partial charge in [-0.05, 0) is 101 Å². The number of aryl methyl sites for hydroxylation is 2. The zero-order valence-electron chi connectivity index (χ0n) is 27.1. The van der Waals surface area contributed by atoms with E-state index in [1.807, 2.05) is 38.1 Å². The van der Waals surface area contributed by atoms with Crippen LogP contribution in [-0.4, -0.2) is 72.4 Å². The molecule has 6 nitrogen and oxygen atoms in total. The molecule has 1 saturated heterocycles. The average molecular weight is 587 g/mol. The molecule has 0 aromatic heterocycles. The largest absolute Gasteiger partial charge is 0.491 e. The average Bonchev–Trinajstić information content (AvgIpc) is 3.00. The van der Waals surface area contributed by atoms with Crippen LogP contribution in [0, 0.1) is 24.7 Å². The first kappa shape index (κ1) is 33.1. The highest BCUT2D eigenvalue weighted by molar-refractivity contribution is 6.39. The first-order chi connectivity index (χ1) is 20.7. The van der Waals surface area contributed by atoms with Crippen molar-refractivity contribution in [1.82, 2.24) is 9.80 Å². The Morgan fingerprint density at radius 1 is 1.02 bits per heavy atom. The lowest BCUT2D eigenvalue weighted by Gasteiger charge is -2.42. The van der Waals surface area contributed by atoms with Crippen LogP contribution in [0.3, 0.4) is 0 Å². The van der Waals surface area contributed by atoms with Crippen molar-refractivity contribution in [1.29, 1.82) is 10.8 Å². The van der Waals surface area contributed by atoms with Gasteiger partial charge >= 0.3 is 0 Å². The third-order valence-corrected chi connectivity index (χ3v) is 9.62. The van der Waals surface area contributed by atoms with Gasteiger partial charge in [0.05, 0.1) is 11.8 Å². The second-order valence-electron chi connectivity index (χ2n) is 13.3. The topological polar surface area (TPSA) is 80.5 Å². The molecule has 4 rings (SSSR count). The van der Waals surface area contributed by atoms with E-state index >= 15 is 0 Å². The molecular formula is C37H54N4O2. The summed E-state index contributed by atoms with van der Waals surface area (Å²) in [5.74, 6) is 0.624. The molecule has 1 saturated carbocycles. The molecule has 0 unspecified atom stereocenters. The van der Waals surface area contributed by atoms with Gasteiger partial charge in [0.25, 0.3) is 0 Å². The number of ether oxygens (including phenoxy) is 1. The highest BCUT2D eigenvalue weighted by atomic mass is 16.5. The summed E-state index contributed by atoms with van der Waals surface area (Å²) in [5, 5.41) is 17.0. The summed E-state index contributed by atoms with van der Waals surface area (Å²) in [6, 6.07) is 15.1. The molecule has 0 amide bonds. The minimum atomic E-state index is -0.372. The standard InChI is InChI=1S/C37H54N4O2/c1-28(2)43-33-13-8-10-31(25-33)26-36(42)35(39)27-37(16-9-18-38,34-24-29(3)14-15-30(34)4)17-19-40-20-22-41(23-21-40)32-11-6-5-7-12-32/h8,10,13-15,18,24-25,28,32,38-39H,5-7,9,11-12,16-17,19-23,26-27H2,1-4H3/t37-/m0/s1. The van der Waals surface area contributed by atoms with Crippen LogP contribution >= 0.6 is 0 Å². The predicted octanol–water partition coefficient (Wildman–Crippen LogP) is 7.32. The van der Waals surface area contributed by atoms with Gasteiger partial charge in [-0.3, -0.25) is 9.69 Å². The fraction of sp³-hybridized carbons (Fsp3) is 0.595. The molecule has 2 aromatic carbocycles. The van der Waals surface area contributed by atoms with Crippen molar-refractivity contribution < 1.29 is 9.53 Å². The summed E-state index contributed by atoms with van der Waals surface area (Å²) in [6.45, 7) is 13.6. The molecule has 0 spiro atoms. The number of rotatable bonds is 15. The molecule has 6 heteroatoms. The lowest BCUT2D eigenvalue weighted by molar-refractivity contribution is -0.112. The van der Waals surface area contributed by atoms with Crippen LogP contribution < -0.4 is 4.74 Å². The van der Waals surface area contributed by atoms with Gasteiger partial charge in [-0.15, -0.1) is 0 Å². The maximum absolute atomic E-state index is 13.5. The number of nitrogens with zero attached hydrogens (tertiary/aromatic N) is 2. The molecule has 1 aliphatic heterocycles. The van der Waals surface area contributed by atoms with Crippen LogP contribution in [0.1, 0.15) is 93.9 Å². The third kappa shape index (κ3) is 9.33. The van der Waals surface area contributed by atoms with Crippen molar-refractivity contribution in [3.05, 3.63) is 64.7 Å². The highest BCUT2D eigenvalue weighted by Gasteiger charge is 2.36. The van der Waals surface area contributed by atoms with E-state index in [9.17, 15) is 4.79 Å². The van der Waals surface area contributed by atoms with Crippen molar-refractivity contribution in [3.8, 4) is 5.75 Å². The number of carbonyl (C=O) groups excluding carboxylic acids is 1. The van der Waals surface area contributed by atoms with Crippen molar-refractivity contribution in [2.24, 2.45) is 0 Å². The van der Waals surface area contributed by atoms with E-state index in [0.717, 1.165) is 62.9 Å². The minimum absolute atomic E-state index is 0.0616. The van der Waals surface area contributed by atoms with Crippen molar-refractivity contribution in [2.45, 2.75) is 109 Å². The Morgan fingerprint density at radius 2 is 1.77 bits per heavy atom. The number of piperazine rings is 1. The van der Waals surface area contributed by atoms with Crippen LogP contribution in [0.2, 0.25) is 0 Å². The van der Waals surface area contributed by atoms with Gasteiger partial charge in [-0.25, -0.2) is 0 Å². The Hall–Kier alpha value is -2.83. The first-order valence-electron chi connectivity index (χ1n) is 16.6. The minimum Gasteiger partial charge on any atom is -0.491 e. The lowest BCUT2D eigenvalue weighted by Crippen LogP contribution is -2.51. The zero-order valence-corrected chi connectivity index (χ0v) is 27.1. The van der Waals surface area contributed by atoms with Gasteiger partial charge in [0.15, 0.2) is 5.78 Å². The molecule has 0 radical (unpaired) electrons. The Kier molecular flexibility index (Phi) is 12.1. The van der Waals surface area contributed by atoms with Crippen LogP contribution in [0.15, 0.2) is 42.5 Å². The second kappa shape index (κ2) is 15.8.